The molecule has 1 heterocycles. The zero-order valence-corrected chi connectivity index (χ0v) is 15.3. The number of nitrogens with one attached hydrogen (secondary N) is 1. The van der Waals surface area contributed by atoms with Gasteiger partial charge in [0.2, 0.25) is 0 Å². The molecule has 2 fully saturated rings. The first-order valence-corrected chi connectivity index (χ1v) is 9.61. The van der Waals surface area contributed by atoms with Crippen molar-refractivity contribution in [3.63, 3.8) is 0 Å². The molecule has 3 atom stereocenters. The van der Waals surface area contributed by atoms with E-state index < -0.39 is 0 Å². The van der Waals surface area contributed by atoms with Gasteiger partial charge < -0.3 is 5.32 Å². The highest BCUT2D eigenvalue weighted by Crippen LogP contribution is 2.65. The van der Waals surface area contributed by atoms with Crippen molar-refractivity contribution in [2.24, 2.45) is 16.7 Å². The smallest absolute Gasteiger partial charge is 0.271 e. The summed E-state index contributed by atoms with van der Waals surface area (Å²) in [6.45, 7) is 7.09. The SMILES string of the molecule is CC1(C)[C@@H]2CC[C@@]1(C)[C@@H](NC(=O)c1csc(-c3ccccc3)n1)C2. The number of carbonyl (C=O) groups excluding carboxylic acids is 1. The molecule has 1 N–H and O–H groups in total. The van der Waals surface area contributed by atoms with Crippen LogP contribution in [0.15, 0.2) is 35.7 Å². The van der Waals surface area contributed by atoms with Crippen LogP contribution in [0.5, 0.6) is 0 Å². The van der Waals surface area contributed by atoms with Crippen molar-refractivity contribution in [2.45, 2.75) is 46.1 Å². The van der Waals surface area contributed by atoms with Gasteiger partial charge in [-0.2, -0.15) is 0 Å². The Bertz CT molecular complexity index is 767. The van der Waals surface area contributed by atoms with Crippen LogP contribution in [0.2, 0.25) is 0 Å². The predicted molar refractivity (Wildman–Crippen MR) is 98.0 cm³/mol. The van der Waals surface area contributed by atoms with Crippen LogP contribution in [0.3, 0.4) is 0 Å². The lowest BCUT2D eigenvalue weighted by atomic mass is 9.69. The maximum Gasteiger partial charge on any atom is 0.271 e. The molecule has 2 aliphatic carbocycles. The lowest BCUT2D eigenvalue weighted by Crippen LogP contribution is -2.46. The molecule has 0 spiro atoms. The fourth-order valence-corrected chi connectivity index (χ4v) is 5.55. The number of amides is 1. The maximum absolute atomic E-state index is 12.7. The number of hydrogen-bond donors (Lipinski definition) is 1. The highest BCUT2D eigenvalue weighted by molar-refractivity contribution is 7.13. The van der Waals surface area contributed by atoms with Crippen LogP contribution in [-0.4, -0.2) is 16.9 Å². The molecule has 3 nitrogen and oxygen atoms in total. The second-order valence-electron chi connectivity index (χ2n) is 8.04. The molecule has 0 saturated heterocycles. The number of benzene rings is 1. The zero-order valence-electron chi connectivity index (χ0n) is 14.5. The number of hydrogen-bond acceptors (Lipinski definition) is 3. The summed E-state index contributed by atoms with van der Waals surface area (Å²) in [5, 5.41) is 6.07. The minimum atomic E-state index is -0.0250. The van der Waals surface area contributed by atoms with E-state index in [0.29, 0.717) is 11.1 Å². The van der Waals surface area contributed by atoms with E-state index in [0.717, 1.165) is 22.9 Å². The van der Waals surface area contributed by atoms with Crippen LogP contribution in [-0.2, 0) is 0 Å². The number of carbonyl (C=O) groups is 1. The standard InChI is InChI=1S/C20H24N2OS/c1-19(2)14-9-10-20(19,3)16(11-14)22-17(23)15-12-24-18(21-15)13-7-5-4-6-8-13/h4-8,12,14,16H,9-11H2,1-3H3,(H,22,23)/t14-,16+,20+/m1/s1. The Kier molecular flexibility index (Phi) is 3.57. The average molecular weight is 340 g/mol. The second kappa shape index (κ2) is 5.41. The van der Waals surface area contributed by atoms with Crippen molar-refractivity contribution in [2.75, 3.05) is 0 Å². The van der Waals surface area contributed by atoms with Gasteiger partial charge in [-0.15, -0.1) is 11.3 Å². The van der Waals surface area contributed by atoms with E-state index in [4.69, 9.17) is 0 Å². The van der Waals surface area contributed by atoms with E-state index in [9.17, 15) is 4.79 Å². The van der Waals surface area contributed by atoms with Gasteiger partial charge in [0.1, 0.15) is 10.7 Å². The van der Waals surface area contributed by atoms with E-state index in [1.54, 1.807) is 0 Å². The van der Waals surface area contributed by atoms with E-state index in [1.165, 1.54) is 24.2 Å². The molecule has 1 amide bonds. The van der Waals surface area contributed by atoms with Crippen LogP contribution < -0.4 is 5.32 Å². The molecule has 24 heavy (non-hydrogen) atoms. The Morgan fingerprint density at radius 1 is 1.25 bits per heavy atom. The van der Waals surface area contributed by atoms with Gasteiger partial charge in [0.05, 0.1) is 0 Å². The van der Waals surface area contributed by atoms with Crippen molar-refractivity contribution in [1.29, 1.82) is 0 Å². The third kappa shape index (κ3) is 2.23. The first kappa shape index (κ1) is 15.8. The van der Waals surface area contributed by atoms with Gasteiger partial charge in [-0.25, -0.2) is 4.98 Å². The molecule has 1 aromatic carbocycles. The molecular formula is C20H24N2OS. The summed E-state index contributed by atoms with van der Waals surface area (Å²) in [5.74, 6) is 0.700. The minimum absolute atomic E-state index is 0.0250. The highest BCUT2D eigenvalue weighted by Gasteiger charge is 2.61. The zero-order chi connectivity index (χ0) is 16.9. The third-order valence-electron chi connectivity index (χ3n) is 6.86. The van der Waals surface area contributed by atoms with E-state index >= 15 is 0 Å². The normalized spacial score (nSPS) is 30.5. The lowest BCUT2D eigenvalue weighted by Gasteiger charge is -2.39. The molecule has 1 aromatic heterocycles. The van der Waals surface area contributed by atoms with Gasteiger partial charge in [0.25, 0.3) is 5.91 Å². The third-order valence-corrected chi connectivity index (χ3v) is 7.75. The molecule has 2 aliphatic rings. The van der Waals surface area contributed by atoms with E-state index in [-0.39, 0.29) is 17.4 Å². The molecule has 2 aromatic rings. The first-order valence-electron chi connectivity index (χ1n) is 8.73. The molecule has 4 rings (SSSR count). The van der Waals surface area contributed by atoms with Gasteiger partial charge in [-0.3, -0.25) is 4.79 Å². The maximum atomic E-state index is 12.7. The number of fused-ring (bicyclic) bond motifs is 2. The minimum Gasteiger partial charge on any atom is -0.347 e. The summed E-state index contributed by atoms with van der Waals surface area (Å²) in [7, 11) is 0. The number of aromatic nitrogens is 1. The van der Waals surface area contributed by atoms with E-state index in [2.05, 4.69) is 31.1 Å². The van der Waals surface area contributed by atoms with Crippen molar-refractivity contribution in [3.05, 3.63) is 41.4 Å². The molecule has 126 valence electrons. The van der Waals surface area contributed by atoms with Crippen LogP contribution in [0.1, 0.15) is 50.5 Å². The highest BCUT2D eigenvalue weighted by atomic mass is 32.1. The van der Waals surface area contributed by atoms with Crippen LogP contribution in [0, 0.1) is 16.7 Å². The summed E-state index contributed by atoms with van der Waals surface area (Å²) < 4.78 is 0. The fraction of sp³-hybridized carbons (Fsp3) is 0.500. The average Bonchev–Trinajstić information content (AvgIpc) is 3.19. The Morgan fingerprint density at radius 3 is 2.62 bits per heavy atom. The van der Waals surface area contributed by atoms with Gasteiger partial charge in [0, 0.05) is 17.0 Å². The van der Waals surface area contributed by atoms with Crippen molar-refractivity contribution in [1.82, 2.24) is 10.3 Å². The summed E-state index contributed by atoms with van der Waals surface area (Å²) in [6, 6.07) is 10.3. The Hall–Kier alpha value is -1.68. The van der Waals surface area contributed by atoms with Gasteiger partial charge in [0.15, 0.2) is 0 Å². The molecular weight excluding hydrogens is 316 g/mol. The molecule has 4 heteroatoms. The first-order chi connectivity index (χ1) is 11.4. The summed E-state index contributed by atoms with van der Waals surface area (Å²) in [5.41, 5.74) is 2.12. The number of thiazole rings is 1. The largest absolute Gasteiger partial charge is 0.347 e. The van der Waals surface area contributed by atoms with Crippen LogP contribution >= 0.6 is 11.3 Å². The van der Waals surface area contributed by atoms with Gasteiger partial charge in [-0.05, 0) is 36.0 Å². The number of nitrogens with zero attached hydrogens (tertiary/aromatic N) is 1. The summed E-state index contributed by atoms with van der Waals surface area (Å²) >= 11 is 1.53. The van der Waals surface area contributed by atoms with Crippen molar-refractivity contribution >= 4 is 17.2 Å². The van der Waals surface area contributed by atoms with Gasteiger partial charge in [-0.1, -0.05) is 51.1 Å². The number of rotatable bonds is 3. The lowest BCUT2D eigenvalue weighted by molar-refractivity contribution is 0.0822. The quantitative estimate of drug-likeness (QED) is 0.875. The van der Waals surface area contributed by atoms with Crippen LogP contribution in [0.25, 0.3) is 10.6 Å². The van der Waals surface area contributed by atoms with Crippen LogP contribution in [0.4, 0.5) is 0 Å². The van der Waals surface area contributed by atoms with E-state index in [1.807, 2.05) is 35.7 Å². The monoisotopic (exact) mass is 340 g/mol. The molecule has 0 unspecified atom stereocenters. The Labute approximate surface area is 147 Å². The molecule has 0 radical (unpaired) electrons. The topological polar surface area (TPSA) is 42.0 Å². The Morgan fingerprint density at radius 2 is 2.00 bits per heavy atom. The fourth-order valence-electron chi connectivity index (χ4n) is 4.75. The molecule has 0 aliphatic heterocycles. The van der Waals surface area contributed by atoms with Gasteiger partial charge >= 0.3 is 0 Å². The van der Waals surface area contributed by atoms with Crippen molar-refractivity contribution in [3.8, 4) is 10.6 Å². The summed E-state index contributed by atoms with van der Waals surface area (Å²) in [6.07, 6.45) is 3.61. The van der Waals surface area contributed by atoms with Crippen molar-refractivity contribution < 1.29 is 4.79 Å². The molecule has 2 bridgehead atoms. The molecule has 2 saturated carbocycles. The Balaban J connectivity index is 1.51. The second-order valence-corrected chi connectivity index (χ2v) is 8.90. The predicted octanol–water partition coefficient (Wildman–Crippen LogP) is 4.75. The summed E-state index contributed by atoms with van der Waals surface area (Å²) in [4.78, 5) is 17.3.